The number of carbonyl (C=O) groups excluding carboxylic acids is 2. The Morgan fingerprint density at radius 1 is 0.935 bits per heavy atom. The Morgan fingerprint density at radius 2 is 1.55 bits per heavy atom. The van der Waals surface area contributed by atoms with Gasteiger partial charge in [0.05, 0.1) is 4.90 Å². The topological polar surface area (TPSA) is 86.8 Å². The first-order chi connectivity index (χ1) is 14.5. The van der Waals surface area contributed by atoms with Crippen LogP contribution in [-0.2, 0) is 20.2 Å². The van der Waals surface area contributed by atoms with E-state index < -0.39 is 10.0 Å². The van der Waals surface area contributed by atoms with Gasteiger partial charge in [-0.2, -0.15) is 4.31 Å². The van der Waals surface area contributed by atoms with Crippen molar-refractivity contribution in [1.82, 2.24) is 9.21 Å². The van der Waals surface area contributed by atoms with Crippen LogP contribution >= 0.6 is 0 Å². The van der Waals surface area contributed by atoms with Gasteiger partial charge in [0.25, 0.3) is 5.91 Å². The highest BCUT2D eigenvalue weighted by molar-refractivity contribution is 7.89. The second-order valence-electron chi connectivity index (χ2n) is 8.73. The van der Waals surface area contributed by atoms with E-state index in [1.807, 2.05) is 12.1 Å². The van der Waals surface area contributed by atoms with Crippen molar-refractivity contribution in [2.24, 2.45) is 0 Å². The lowest BCUT2D eigenvalue weighted by atomic mass is 9.87. The van der Waals surface area contributed by atoms with Crippen LogP contribution < -0.4 is 5.32 Å². The van der Waals surface area contributed by atoms with Gasteiger partial charge in [0.1, 0.15) is 0 Å². The molecule has 166 valence electrons. The van der Waals surface area contributed by atoms with Gasteiger partial charge in [-0.05, 0) is 41.3 Å². The summed E-state index contributed by atoms with van der Waals surface area (Å²) >= 11 is 0. The molecule has 1 heterocycles. The third-order valence-corrected chi connectivity index (χ3v) is 7.23. The Hall–Kier alpha value is -2.71. The van der Waals surface area contributed by atoms with Crippen molar-refractivity contribution < 1.29 is 18.0 Å². The molecule has 0 unspecified atom stereocenters. The molecule has 2 amide bonds. The fraction of sp³-hybridized carbons (Fsp3) is 0.391. The van der Waals surface area contributed by atoms with E-state index in [2.05, 4.69) is 26.1 Å². The number of amides is 2. The zero-order valence-corrected chi connectivity index (χ0v) is 19.2. The standard InChI is InChI=1S/C23H29N3O4S/c1-17(27)24-20-7-5-6-18(16-20)22(28)25-12-14-26(15-13-25)31(29,30)21-10-8-19(9-11-21)23(2,3)4/h5-11,16H,12-15H2,1-4H3,(H,24,27). The highest BCUT2D eigenvalue weighted by Gasteiger charge is 2.30. The Morgan fingerprint density at radius 3 is 2.10 bits per heavy atom. The van der Waals surface area contributed by atoms with Gasteiger partial charge in [-0.15, -0.1) is 0 Å². The largest absolute Gasteiger partial charge is 0.336 e. The number of nitrogens with one attached hydrogen (secondary N) is 1. The van der Waals surface area contributed by atoms with E-state index >= 15 is 0 Å². The number of benzene rings is 2. The molecule has 8 heteroatoms. The molecule has 2 aromatic carbocycles. The molecule has 0 spiro atoms. The lowest BCUT2D eigenvalue weighted by Crippen LogP contribution is -2.50. The maximum absolute atomic E-state index is 13.0. The molecule has 1 aliphatic rings. The highest BCUT2D eigenvalue weighted by atomic mass is 32.2. The van der Waals surface area contributed by atoms with Gasteiger partial charge in [0, 0.05) is 44.4 Å². The first kappa shape index (κ1) is 23.0. The van der Waals surface area contributed by atoms with Crippen LogP contribution in [0.1, 0.15) is 43.6 Å². The van der Waals surface area contributed by atoms with Crippen molar-refractivity contribution in [3.8, 4) is 0 Å². The number of anilines is 1. The Kier molecular flexibility index (Phi) is 6.52. The van der Waals surface area contributed by atoms with Crippen LogP contribution in [-0.4, -0.2) is 55.6 Å². The SMILES string of the molecule is CC(=O)Nc1cccc(C(=O)N2CCN(S(=O)(=O)c3ccc(C(C)(C)C)cc3)CC2)c1. The summed E-state index contributed by atoms with van der Waals surface area (Å²) < 4.78 is 27.5. The van der Waals surface area contributed by atoms with Crippen molar-refractivity contribution in [3.63, 3.8) is 0 Å². The molecular formula is C23H29N3O4S. The maximum atomic E-state index is 13.0. The molecule has 0 aromatic heterocycles. The van der Waals surface area contributed by atoms with Gasteiger partial charge >= 0.3 is 0 Å². The molecule has 0 saturated carbocycles. The minimum atomic E-state index is -3.61. The molecule has 1 aliphatic heterocycles. The van der Waals surface area contributed by atoms with Crippen molar-refractivity contribution >= 4 is 27.5 Å². The summed E-state index contributed by atoms with van der Waals surface area (Å²) in [4.78, 5) is 26.0. The first-order valence-electron chi connectivity index (χ1n) is 10.3. The number of piperazine rings is 1. The maximum Gasteiger partial charge on any atom is 0.254 e. The van der Waals surface area contributed by atoms with E-state index in [9.17, 15) is 18.0 Å². The van der Waals surface area contributed by atoms with Crippen LogP contribution in [0.2, 0.25) is 0 Å². The third-order valence-electron chi connectivity index (χ3n) is 5.31. The fourth-order valence-corrected chi connectivity index (χ4v) is 4.95. The molecule has 0 bridgehead atoms. The van der Waals surface area contributed by atoms with E-state index in [1.54, 1.807) is 41.3 Å². The number of hydrogen-bond acceptors (Lipinski definition) is 4. The highest BCUT2D eigenvalue weighted by Crippen LogP contribution is 2.25. The second kappa shape index (κ2) is 8.80. The van der Waals surface area contributed by atoms with Gasteiger partial charge in [-0.25, -0.2) is 8.42 Å². The molecule has 0 atom stereocenters. The average Bonchev–Trinajstić information content (AvgIpc) is 2.72. The van der Waals surface area contributed by atoms with E-state index in [-0.39, 0.29) is 35.2 Å². The Bertz CT molecular complexity index is 1060. The summed E-state index contributed by atoms with van der Waals surface area (Å²) in [5.41, 5.74) is 2.04. The Balaban J connectivity index is 1.67. The number of rotatable bonds is 4. The number of hydrogen-bond donors (Lipinski definition) is 1. The predicted octanol–water partition coefficient (Wildman–Crippen LogP) is 3.09. The van der Waals surface area contributed by atoms with Crippen molar-refractivity contribution in [1.29, 1.82) is 0 Å². The van der Waals surface area contributed by atoms with Gasteiger partial charge < -0.3 is 10.2 Å². The van der Waals surface area contributed by atoms with Crippen LogP contribution in [0, 0.1) is 0 Å². The zero-order chi connectivity index (χ0) is 22.8. The van der Waals surface area contributed by atoms with Crippen LogP contribution in [0.25, 0.3) is 0 Å². The Labute approximate surface area is 184 Å². The van der Waals surface area contributed by atoms with E-state index in [4.69, 9.17) is 0 Å². The van der Waals surface area contributed by atoms with Crippen molar-refractivity contribution in [3.05, 3.63) is 59.7 Å². The fourth-order valence-electron chi connectivity index (χ4n) is 3.52. The molecule has 2 aromatic rings. The van der Waals surface area contributed by atoms with Crippen molar-refractivity contribution in [2.75, 3.05) is 31.5 Å². The summed E-state index contributed by atoms with van der Waals surface area (Å²) in [5, 5.41) is 2.66. The molecule has 0 aliphatic carbocycles. The van der Waals surface area contributed by atoms with Gasteiger partial charge in [-0.1, -0.05) is 39.0 Å². The predicted molar refractivity (Wildman–Crippen MR) is 121 cm³/mol. The minimum Gasteiger partial charge on any atom is -0.336 e. The lowest BCUT2D eigenvalue weighted by molar-refractivity contribution is -0.114. The summed E-state index contributed by atoms with van der Waals surface area (Å²) in [6, 6.07) is 13.8. The molecule has 7 nitrogen and oxygen atoms in total. The smallest absolute Gasteiger partial charge is 0.254 e. The quantitative estimate of drug-likeness (QED) is 0.787. The number of sulfonamides is 1. The monoisotopic (exact) mass is 443 g/mol. The lowest BCUT2D eigenvalue weighted by Gasteiger charge is -2.34. The van der Waals surface area contributed by atoms with Gasteiger partial charge in [0.15, 0.2) is 0 Å². The van der Waals surface area contributed by atoms with Crippen LogP contribution in [0.15, 0.2) is 53.4 Å². The second-order valence-corrected chi connectivity index (χ2v) is 10.7. The minimum absolute atomic E-state index is 0.0501. The van der Waals surface area contributed by atoms with Crippen molar-refractivity contribution in [2.45, 2.75) is 38.0 Å². The van der Waals surface area contributed by atoms with Gasteiger partial charge in [-0.3, -0.25) is 9.59 Å². The van der Waals surface area contributed by atoms with Crippen LogP contribution in [0.4, 0.5) is 5.69 Å². The third kappa shape index (κ3) is 5.32. The molecule has 1 saturated heterocycles. The molecule has 0 radical (unpaired) electrons. The molecular weight excluding hydrogens is 414 g/mol. The van der Waals surface area contributed by atoms with E-state index in [0.29, 0.717) is 24.3 Å². The van der Waals surface area contributed by atoms with E-state index in [1.165, 1.54) is 11.2 Å². The number of nitrogens with zero attached hydrogens (tertiary/aromatic N) is 2. The first-order valence-corrected chi connectivity index (χ1v) is 11.7. The summed E-state index contributed by atoms with van der Waals surface area (Å²) in [6.07, 6.45) is 0. The normalized spacial score (nSPS) is 15.5. The summed E-state index contributed by atoms with van der Waals surface area (Å²) in [5.74, 6) is -0.391. The van der Waals surface area contributed by atoms with Gasteiger partial charge in [0.2, 0.25) is 15.9 Å². The zero-order valence-electron chi connectivity index (χ0n) is 18.4. The van der Waals surface area contributed by atoms with Crippen LogP contribution in [0.5, 0.6) is 0 Å². The summed E-state index contributed by atoms with van der Waals surface area (Å²) in [6.45, 7) is 8.74. The molecule has 3 rings (SSSR count). The summed E-state index contributed by atoms with van der Waals surface area (Å²) in [7, 11) is -3.61. The average molecular weight is 444 g/mol. The number of carbonyl (C=O) groups is 2. The van der Waals surface area contributed by atoms with E-state index in [0.717, 1.165) is 5.56 Å². The van der Waals surface area contributed by atoms with Crippen LogP contribution in [0.3, 0.4) is 0 Å². The molecule has 1 fully saturated rings. The molecule has 1 N–H and O–H groups in total. The molecule has 31 heavy (non-hydrogen) atoms.